The van der Waals surface area contributed by atoms with Crippen molar-refractivity contribution in [2.75, 3.05) is 52.2 Å². The molecule has 0 spiro atoms. The predicted octanol–water partition coefficient (Wildman–Crippen LogP) is 4.55. The van der Waals surface area contributed by atoms with Crippen molar-refractivity contribution in [3.05, 3.63) is 71.7 Å². The molecule has 0 aliphatic carbocycles. The fraction of sp³-hybridized carbons (Fsp3) is 0.406. The Morgan fingerprint density at radius 2 is 1.93 bits per heavy atom. The van der Waals surface area contributed by atoms with E-state index in [4.69, 9.17) is 4.74 Å². The van der Waals surface area contributed by atoms with Crippen molar-refractivity contribution < 1.29 is 22.8 Å². The van der Waals surface area contributed by atoms with E-state index in [1.807, 2.05) is 25.1 Å². The highest BCUT2D eigenvalue weighted by molar-refractivity contribution is 5.96. The van der Waals surface area contributed by atoms with Gasteiger partial charge in [-0.25, -0.2) is 14.4 Å². The minimum atomic E-state index is -1.05. The Labute approximate surface area is 249 Å². The molecule has 1 amide bonds. The summed E-state index contributed by atoms with van der Waals surface area (Å²) in [5.74, 6) is -1.05. The van der Waals surface area contributed by atoms with Crippen molar-refractivity contribution in [2.24, 2.45) is 5.92 Å². The number of quaternary nitrogens is 1. The number of halogens is 2. The first-order valence-corrected chi connectivity index (χ1v) is 14.9. The third-order valence-corrected chi connectivity index (χ3v) is 8.90. The molecule has 0 atom stereocenters. The minimum absolute atomic E-state index is 0.0421. The zero-order chi connectivity index (χ0) is 30.1. The molecule has 226 valence electrons. The second kappa shape index (κ2) is 11.9. The lowest BCUT2D eigenvalue weighted by Gasteiger charge is -2.44. The monoisotopic (exact) mass is 590 g/mol. The van der Waals surface area contributed by atoms with E-state index < -0.39 is 11.6 Å². The van der Waals surface area contributed by atoms with Crippen LogP contribution < -0.4 is 20.7 Å². The Morgan fingerprint density at radius 3 is 2.63 bits per heavy atom. The van der Waals surface area contributed by atoms with Crippen molar-refractivity contribution in [1.82, 2.24) is 25.0 Å². The normalized spacial score (nSPS) is 20.5. The van der Waals surface area contributed by atoms with Gasteiger partial charge in [-0.1, -0.05) is 6.92 Å². The van der Waals surface area contributed by atoms with Crippen LogP contribution in [0.15, 0.2) is 48.9 Å². The Morgan fingerprint density at radius 1 is 1.14 bits per heavy atom. The third-order valence-electron chi connectivity index (χ3n) is 8.90. The van der Waals surface area contributed by atoms with Gasteiger partial charge in [-0.05, 0) is 42.3 Å². The number of hydrogen-bond acceptors (Lipinski definition) is 6. The van der Waals surface area contributed by atoms with Crippen molar-refractivity contribution in [3.8, 4) is 17.0 Å². The van der Waals surface area contributed by atoms with Crippen molar-refractivity contribution in [3.63, 3.8) is 0 Å². The van der Waals surface area contributed by atoms with Gasteiger partial charge in [-0.3, -0.25) is 9.20 Å². The largest absolute Gasteiger partial charge is 0.494 e. The number of fused-ring (bicyclic) bond motifs is 1. The molecule has 2 aromatic heterocycles. The van der Waals surface area contributed by atoms with Crippen molar-refractivity contribution in [2.45, 2.75) is 32.2 Å². The molecule has 0 unspecified atom stereocenters. The van der Waals surface area contributed by atoms with Gasteiger partial charge >= 0.3 is 0 Å². The highest BCUT2D eigenvalue weighted by atomic mass is 19.2. The number of methoxy groups -OCH3 is 1. The average Bonchev–Trinajstić information content (AvgIpc) is 3.42. The summed E-state index contributed by atoms with van der Waals surface area (Å²) in [4.78, 5) is 22.2. The van der Waals surface area contributed by atoms with Crippen LogP contribution in [-0.4, -0.2) is 77.7 Å². The average molecular weight is 591 g/mol. The number of hydrogen-bond donors (Lipinski definition) is 3. The van der Waals surface area contributed by atoms with Gasteiger partial charge in [-0.2, -0.15) is 4.39 Å². The zero-order valence-corrected chi connectivity index (χ0v) is 24.8. The molecule has 0 bridgehead atoms. The fourth-order valence-electron chi connectivity index (χ4n) is 6.30. The van der Waals surface area contributed by atoms with Crippen molar-refractivity contribution in [1.29, 1.82) is 0 Å². The maximum Gasteiger partial charge on any atom is 0.251 e. The number of imidazole rings is 1. The number of benzene rings is 2. The molecular weight excluding hydrogens is 552 g/mol. The molecule has 2 aliphatic rings. The molecule has 9 nitrogen and oxygen atoms in total. The first kappa shape index (κ1) is 29.0. The lowest BCUT2D eigenvalue weighted by atomic mass is 9.96. The number of amides is 1. The van der Waals surface area contributed by atoms with E-state index >= 15 is 0 Å². The van der Waals surface area contributed by atoms with Crippen LogP contribution >= 0.6 is 0 Å². The standard InChI is InChI=1S/C32H37F2N7O2/c1-4-21-15-23(5-6-24(21)32(42)39-22-9-13-41(2,14-10-22)19-20-16-35-17-20)38-30-31-37-18-26(40(31)12-11-36-30)25-7-8-27(43-3)29(34)28(25)33/h5-8,11-12,15,18,20,22,35H,4,9-10,13-14,16-17,19H2,1-3H3,(H-,36,38,39,42)/p+1. The molecule has 4 aromatic rings. The number of nitrogens with one attached hydrogen (secondary N) is 3. The summed E-state index contributed by atoms with van der Waals surface area (Å²) in [6.07, 6.45) is 7.34. The smallest absolute Gasteiger partial charge is 0.251 e. The summed E-state index contributed by atoms with van der Waals surface area (Å²) < 4.78 is 36.9. The first-order valence-electron chi connectivity index (χ1n) is 14.9. The highest BCUT2D eigenvalue weighted by Gasteiger charge is 2.35. The number of likely N-dealkylation sites (tertiary alicyclic amines) is 1. The molecular formula is C32H38F2N7O2+. The second-order valence-corrected chi connectivity index (χ2v) is 11.9. The van der Waals surface area contributed by atoms with Gasteiger partial charge in [0.05, 0.1) is 45.7 Å². The van der Waals surface area contributed by atoms with E-state index in [2.05, 4.69) is 33.0 Å². The number of anilines is 2. The van der Waals surface area contributed by atoms with Gasteiger partial charge < -0.3 is 25.2 Å². The topological polar surface area (TPSA) is 92.6 Å². The third kappa shape index (κ3) is 5.79. The number of nitrogens with zero attached hydrogens (tertiary/aromatic N) is 4. The highest BCUT2D eigenvalue weighted by Crippen LogP contribution is 2.32. The van der Waals surface area contributed by atoms with E-state index in [1.165, 1.54) is 32.0 Å². The lowest BCUT2D eigenvalue weighted by Crippen LogP contribution is -2.59. The first-order chi connectivity index (χ1) is 20.8. The molecule has 2 aromatic carbocycles. The zero-order valence-electron chi connectivity index (χ0n) is 24.8. The molecule has 0 saturated carbocycles. The van der Waals surface area contributed by atoms with Gasteiger partial charge in [0.25, 0.3) is 5.91 Å². The van der Waals surface area contributed by atoms with Crippen LogP contribution in [0.25, 0.3) is 16.9 Å². The summed E-state index contributed by atoms with van der Waals surface area (Å²) >= 11 is 0. The van der Waals surface area contributed by atoms with Gasteiger partial charge in [0, 0.05) is 67.1 Å². The van der Waals surface area contributed by atoms with E-state index in [9.17, 15) is 13.6 Å². The summed E-state index contributed by atoms with van der Waals surface area (Å²) in [5, 5.41) is 9.94. The van der Waals surface area contributed by atoms with Gasteiger partial charge in [0.1, 0.15) is 0 Å². The molecule has 3 N–H and O–H groups in total. The summed E-state index contributed by atoms with van der Waals surface area (Å²) in [7, 11) is 3.63. The van der Waals surface area contributed by atoms with Crippen LogP contribution in [0.5, 0.6) is 5.75 Å². The second-order valence-electron chi connectivity index (χ2n) is 11.9. The Balaban J connectivity index is 1.16. The molecule has 43 heavy (non-hydrogen) atoms. The lowest BCUT2D eigenvalue weighted by molar-refractivity contribution is -0.917. The van der Waals surface area contributed by atoms with Crippen LogP contribution in [0.4, 0.5) is 20.3 Å². The quantitative estimate of drug-likeness (QED) is 0.248. The van der Waals surface area contributed by atoms with Crippen LogP contribution in [0.1, 0.15) is 35.7 Å². The Hall–Kier alpha value is -4.09. The summed E-state index contributed by atoms with van der Waals surface area (Å²) in [6, 6.07) is 8.67. The SMILES string of the molecule is CCc1cc(Nc2nccn3c(-c4ccc(OC)c(F)c4F)cnc23)ccc1C(=O)NC1CC[N+](C)(CC2CNC2)CC1. The fourth-order valence-corrected chi connectivity index (χ4v) is 6.30. The number of carbonyl (C=O) groups excluding carboxylic acids is 1. The number of piperidine rings is 1. The van der Waals surface area contributed by atoms with Crippen LogP contribution in [0.3, 0.4) is 0 Å². The number of aryl methyl sites for hydroxylation is 1. The van der Waals surface area contributed by atoms with Crippen LogP contribution in [-0.2, 0) is 6.42 Å². The maximum absolute atomic E-state index is 14.9. The molecule has 11 heteroatoms. The summed E-state index contributed by atoms with van der Waals surface area (Å²) in [6.45, 7) is 7.65. The number of ether oxygens (including phenoxy) is 1. The van der Waals surface area contributed by atoms with Crippen molar-refractivity contribution >= 4 is 23.1 Å². The van der Waals surface area contributed by atoms with E-state index in [1.54, 1.807) is 16.8 Å². The van der Waals surface area contributed by atoms with E-state index in [0.717, 1.165) is 60.7 Å². The minimum Gasteiger partial charge on any atom is -0.494 e. The predicted molar refractivity (Wildman–Crippen MR) is 162 cm³/mol. The number of carbonyl (C=O) groups is 1. The Kier molecular flexibility index (Phi) is 8.02. The van der Waals surface area contributed by atoms with Crippen LogP contribution in [0, 0.1) is 17.6 Å². The van der Waals surface area contributed by atoms with Gasteiger partial charge in [0.2, 0.25) is 5.82 Å². The maximum atomic E-state index is 14.9. The van der Waals surface area contributed by atoms with Crippen LogP contribution in [0.2, 0.25) is 0 Å². The van der Waals surface area contributed by atoms with Gasteiger partial charge in [0.15, 0.2) is 23.0 Å². The van der Waals surface area contributed by atoms with E-state index in [-0.39, 0.29) is 23.3 Å². The summed E-state index contributed by atoms with van der Waals surface area (Å²) in [5.41, 5.74) is 3.22. The molecule has 2 saturated heterocycles. The molecule has 4 heterocycles. The molecule has 2 fully saturated rings. The number of aromatic nitrogens is 3. The molecule has 2 aliphatic heterocycles. The van der Waals surface area contributed by atoms with E-state index in [0.29, 0.717) is 29.1 Å². The molecule has 0 radical (unpaired) electrons. The molecule has 6 rings (SSSR count). The van der Waals surface area contributed by atoms with Gasteiger partial charge in [-0.15, -0.1) is 0 Å². The Bertz CT molecular complexity index is 1640. The number of rotatable bonds is 9.